The van der Waals surface area contributed by atoms with Gasteiger partial charge in [-0.25, -0.2) is 0 Å². The molecule has 0 unspecified atom stereocenters. The number of benzene rings is 1. The van der Waals surface area contributed by atoms with Crippen molar-refractivity contribution < 1.29 is 14.6 Å². The summed E-state index contributed by atoms with van der Waals surface area (Å²) in [5.41, 5.74) is 0.115. The SMILES string of the molecule is CCCCC(O)(CCCC)c1cc(OC)cc(OC)c1. The van der Waals surface area contributed by atoms with Crippen molar-refractivity contribution in [3.63, 3.8) is 0 Å². The summed E-state index contributed by atoms with van der Waals surface area (Å²) in [5, 5.41) is 11.1. The van der Waals surface area contributed by atoms with Gasteiger partial charge in [0.2, 0.25) is 0 Å². The second-order valence-corrected chi connectivity index (χ2v) is 5.34. The average Bonchev–Trinajstić information content (AvgIpc) is 2.50. The van der Waals surface area contributed by atoms with E-state index in [-0.39, 0.29) is 0 Å². The maximum absolute atomic E-state index is 11.1. The fourth-order valence-corrected chi connectivity index (χ4v) is 2.43. The van der Waals surface area contributed by atoms with Gasteiger partial charge in [0.1, 0.15) is 11.5 Å². The highest BCUT2D eigenvalue weighted by Crippen LogP contribution is 2.36. The highest BCUT2D eigenvalue weighted by atomic mass is 16.5. The largest absolute Gasteiger partial charge is 0.497 e. The summed E-state index contributed by atoms with van der Waals surface area (Å²) >= 11 is 0. The lowest BCUT2D eigenvalue weighted by Gasteiger charge is -2.29. The molecule has 0 aromatic heterocycles. The van der Waals surface area contributed by atoms with Gasteiger partial charge in [0, 0.05) is 6.07 Å². The monoisotopic (exact) mass is 280 g/mol. The minimum atomic E-state index is -0.784. The van der Waals surface area contributed by atoms with E-state index in [0.717, 1.165) is 55.6 Å². The maximum Gasteiger partial charge on any atom is 0.122 e. The minimum absolute atomic E-state index is 0.728. The van der Waals surface area contributed by atoms with Gasteiger partial charge in [0.05, 0.1) is 19.8 Å². The van der Waals surface area contributed by atoms with Crippen LogP contribution in [0.4, 0.5) is 0 Å². The van der Waals surface area contributed by atoms with Crippen LogP contribution in [-0.2, 0) is 5.60 Å². The Balaban J connectivity index is 3.10. The molecule has 0 bridgehead atoms. The Morgan fingerprint density at radius 2 is 1.35 bits per heavy atom. The summed E-state index contributed by atoms with van der Waals surface area (Å²) in [4.78, 5) is 0. The first-order chi connectivity index (χ1) is 9.59. The van der Waals surface area contributed by atoms with Gasteiger partial charge in [0.15, 0.2) is 0 Å². The molecule has 0 spiro atoms. The van der Waals surface area contributed by atoms with Gasteiger partial charge in [-0.05, 0) is 30.5 Å². The first-order valence-corrected chi connectivity index (χ1v) is 7.55. The molecule has 0 aliphatic carbocycles. The fourth-order valence-electron chi connectivity index (χ4n) is 2.43. The van der Waals surface area contributed by atoms with Crippen LogP contribution in [0.1, 0.15) is 57.9 Å². The number of ether oxygens (including phenoxy) is 2. The Hall–Kier alpha value is -1.22. The number of hydrogen-bond donors (Lipinski definition) is 1. The fraction of sp³-hybridized carbons (Fsp3) is 0.647. The molecule has 0 atom stereocenters. The highest BCUT2D eigenvalue weighted by molar-refractivity contribution is 5.41. The van der Waals surface area contributed by atoms with Crippen LogP contribution in [0.2, 0.25) is 0 Å². The van der Waals surface area contributed by atoms with Crippen LogP contribution in [0.3, 0.4) is 0 Å². The number of rotatable bonds is 9. The summed E-state index contributed by atoms with van der Waals surface area (Å²) < 4.78 is 10.6. The second-order valence-electron chi connectivity index (χ2n) is 5.34. The van der Waals surface area contributed by atoms with E-state index in [1.165, 1.54) is 0 Å². The summed E-state index contributed by atoms with van der Waals surface area (Å²) in [7, 11) is 3.27. The smallest absolute Gasteiger partial charge is 0.122 e. The molecule has 0 heterocycles. The zero-order chi connectivity index (χ0) is 15.0. The Bertz CT molecular complexity index is 371. The lowest BCUT2D eigenvalue weighted by molar-refractivity contribution is 0.0138. The number of hydrogen-bond acceptors (Lipinski definition) is 3. The Labute approximate surface area is 122 Å². The number of aliphatic hydroxyl groups is 1. The van der Waals surface area contributed by atoms with E-state index in [2.05, 4.69) is 13.8 Å². The zero-order valence-electron chi connectivity index (χ0n) is 13.2. The molecular weight excluding hydrogens is 252 g/mol. The summed E-state index contributed by atoms with van der Waals surface area (Å²) in [6.45, 7) is 4.29. The molecule has 20 heavy (non-hydrogen) atoms. The maximum atomic E-state index is 11.1. The van der Waals surface area contributed by atoms with Crippen molar-refractivity contribution in [1.82, 2.24) is 0 Å². The van der Waals surface area contributed by atoms with Crippen LogP contribution < -0.4 is 9.47 Å². The molecule has 0 aliphatic rings. The topological polar surface area (TPSA) is 38.7 Å². The van der Waals surface area contributed by atoms with Crippen LogP contribution in [-0.4, -0.2) is 19.3 Å². The van der Waals surface area contributed by atoms with Crippen LogP contribution >= 0.6 is 0 Å². The van der Waals surface area contributed by atoms with Crippen LogP contribution in [0, 0.1) is 0 Å². The standard InChI is InChI=1S/C17H28O3/c1-5-7-9-17(18,10-8-6-2)14-11-15(19-3)13-16(12-14)20-4/h11-13,18H,5-10H2,1-4H3. The summed E-state index contributed by atoms with van der Waals surface area (Å²) in [5.74, 6) is 1.46. The average molecular weight is 280 g/mol. The van der Waals surface area contributed by atoms with Gasteiger partial charge in [-0.15, -0.1) is 0 Å². The van der Waals surface area contributed by atoms with E-state index < -0.39 is 5.60 Å². The molecule has 0 fully saturated rings. The third-order valence-corrected chi connectivity index (χ3v) is 3.78. The van der Waals surface area contributed by atoms with Gasteiger partial charge in [-0.2, -0.15) is 0 Å². The molecule has 114 valence electrons. The molecule has 0 radical (unpaired) electrons. The van der Waals surface area contributed by atoms with Gasteiger partial charge >= 0.3 is 0 Å². The van der Waals surface area contributed by atoms with Gasteiger partial charge in [0.25, 0.3) is 0 Å². The molecule has 0 amide bonds. The first kappa shape index (κ1) is 16.8. The molecule has 1 rings (SSSR count). The van der Waals surface area contributed by atoms with Crippen molar-refractivity contribution in [3.05, 3.63) is 23.8 Å². The summed E-state index contributed by atoms with van der Waals surface area (Å²) in [6, 6.07) is 5.69. The second kappa shape index (κ2) is 8.15. The number of methoxy groups -OCH3 is 2. The molecule has 3 nitrogen and oxygen atoms in total. The normalized spacial score (nSPS) is 11.4. The van der Waals surface area contributed by atoms with Crippen LogP contribution in [0.15, 0.2) is 18.2 Å². The molecule has 1 N–H and O–H groups in total. The zero-order valence-corrected chi connectivity index (χ0v) is 13.2. The van der Waals surface area contributed by atoms with E-state index in [0.29, 0.717) is 0 Å². The lowest BCUT2D eigenvalue weighted by atomic mass is 9.84. The molecular formula is C17H28O3. The Kier molecular flexibility index (Phi) is 6.86. The Morgan fingerprint density at radius 3 is 1.70 bits per heavy atom. The molecule has 0 saturated heterocycles. The highest BCUT2D eigenvalue weighted by Gasteiger charge is 2.29. The van der Waals surface area contributed by atoms with E-state index >= 15 is 0 Å². The molecule has 0 saturated carbocycles. The third kappa shape index (κ3) is 4.41. The van der Waals surface area contributed by atoms with Crippen molar-refractivity contribution in [2.75, 3.05) is 14.2 Å². The third-order valence-electron chi connectivity index (χ3n) is 3.78. The van der Waals surface area contributed by atoms with E-state index in [4.69, 9.17) is 9.47 Å². The van der Waals surface area contributed by atoms with Gasteiger partial charge < -0.3 is 14.6 Å². The molecule has 0 aliphatic heterocycles. The van der Waals surface area contributed by atoms with Gasteiger partial charge in [-0.1, -0.05) is 39.5 Å². The van der Waals surface area contributed by atoms with Crippen molar-refractivity contribution in [1.29, 1.82) is 0 Å². The predicted octanol–water partition coefficient (Wildman–Crippen LogP) is 4.27. The molecule has 1 aromatic carbocycles. The first-order valence-electron chi connectivity index (χ1n) is 7.55. The van der Waals surface area contributed by atoms with E-state index in [1.54, 1.807) is 14.2 Å². The lowest BCUT2D eigenvalue weighted by Crippen LogP contribution is -2.25. The Morgan fingerprint density at radius 1 is 0.900 bits per heavy atom. The van der Waals surface area contributed by atoms with Crippen LogP contribution in [0.25, 0.3) is 0 Å². The molecule has 1 aromatic rings. The van der Waals surface area contributed by atoms with E-state index in [9.17, 15) is 5.11 Å². The predicted molar refractivity (Wildman–Crippen MR) is 82.5 cm³/mol. The van der Waals surface area contributed by atoms with Crippen molar-refractivity contribution >= 4 is 0 Å². The quantitative estimate of drug-likeness (QED) is 0.734. The minimum Gasteiger partial charge on any atom is -0.497 e. The van der Waals surface area contributed by atoms with Crippen molar-refractivity contribution in [3.8, 4) is 11.5 Å². The number of unbranched alkanes of at least 4 members (excludes halogenated alkanes) is 2. The van der Waals surface area contributed by atoms with E-state index in [1.807, 2.05) is 18.2 Å². The summed E-state index contributed by atoms with van der Waals surface area (Å²) in [6.07, 6.45) is 5.74. The van der Waals surface area contributed by atoms with Gasteiger partial charge in [-0.3, -0.25) is 0 Å². The van der Waals surface area contributed by atoms with Crippen LogP contribution in [0.5, 0.6) is 11.5 Å². The van der Waals surface area contributed by atoms with Crippen molar-refractivity contribution in [2.24, 2.45) is 0 Å². The van der Waals surface area contributed by atoms with Crippen molar-refractivity contribution in [2.45, 2.75) is 58.0 Å². The molecule has 3 heteroatoms.